The Morgan fingerprint density at radius 3 is 2.41 bits per heavy atom. The number of anilines is 1. The first-order valence-corrected chi connectivity index (χ1v) is 6.99. The van der Waals surface area contributed by atoms with Crippen molar-refractivity contribution >= 4 is 37.5 Å². The summed E-state index contributed by atoms with van der Waals surface area (Å²) in [5.74, 6) is 0. The van der Waals surface area contributed by atoms with Gasteiger partial charge >= 0.3 is 0 Å². The third-order valence-corrected chi connectivity index (χ3v) is 4.88. The first-order valence-electron chi connectivity index (χ1n) is 5.41. The molecule has 0 aromatic heterocycles. The highest BCUT2D eigenvalue weighted by Crippen LogP contribution is 2.31. The van der Waals surface area contributed by atoms with Crippen molar-refractivity contribution in [2.75, 3.05) is 5.32 Å². The van der Waals surface area contributed by atoms with Crippen molar-refractivity contribution in [2.45, 2.75) is 13.5 Å². The van der Waals surface area contributed by atoms with Crippen molar-refractivity contribution in [3.05, 3.63) is 62.5 Å². The standard InChI is InChI=1S/C14H13Br2N/c1-10-13(8-7-12(15)14(10)16)17-9-11-5-3-2-4-6-11/h2-8,17H,9H2,1H3. The zero-order valence-electron chi connectivity index (χ0n) is 9.50. The van der Waals surface area contributed by atoms with Crippen molar-refractivity contribution in [3.8, 4) is 0 Å². The molecule has 0 atom stereocenters. The molecule has 0 fully saturated rings. The van der Waals surface area contributed by atoms with Crippen LogP contribution in [0.5, 0.6) is 0 Å². The lowest BCUT2D eigenvalue weighted by molar-refractivity contribution is 1.14. The molecule has 0 radical (unpaired) electrons. The summed E-state index contributed by atoms with van der Waals surface area (Å²) in [7, 11) is 0. The monoisotopic (exact) mass is 353 g/mol. The van der Waals surface area contributed by atoms with E-state index >= 15 is 0 Å². The van der Waals surface area contributed by atoms with Gasteiger partial charge in [-0.3, -0.25) is 0 Å². The molecule has 3 heteroatoms. The minimum atomic E-state index is 0.843. The lowest BCUT2D eigenvalue weighted by Gasteiger charge is -2.12. The molecule has 0 aliphatic rings. The molecule has 0 amide bonds. The molecule has 2 aromatic carbocycles. The van der Waals surface area contributed by atoms with Crippen molar-refractivity contribution < 1.29 is 0 Å². The number of nitrogens with one attached hydrogen (secondary N) is 1. The van der Waals surface area contributed by atoms with Crippen molar-refractivity contribution in [1.82, 2.24) is 0 Å². The quantitative estimate of drug-likeness (QED) is 0.805. The van der Waals surface area contributed by atoms with E-state index in [0.29, 0.717) is 0 Å². The highest BCUT2D eigenvalue weighted by Gasteiger charge is 2.05. The molecule has 1 N–H and O–H groups in total. The first kappa shape index (κ1) is 12.7. The third-order valence-electron chi connectivity index (χ3n) is 2.67. The highest BCUT2D eigenvalue weighted by molar-refractivity contribution is 9.13. The maximum Gasteiger partial charge on any atom is 0.0400 e. The van der Waals surface area contributed by atoms with Crippen LogP contribution in [0.2, 0.25) is 0 Å². The van der Waals surface area contributed by atoms with Gasteiger partial charge in [-0.2, -0.15) is 0 Å². The summed E-state index contributed by atoms with van der Waals surface area (Å²) in [5, 5.41) is 3.45. The Kier molecular flexibility index (Phi) is 4.24. The number of benzene rings is 2. The third kappa shape index (κ3) is 3.11. The number of hydrogen-bond donors (Lipinski definition) is 1. The van der Waals surface area contributed by atoms with E-state index in [4.69, 9.17) is 0 Å². The zero-order valence-corrected chi connectivity index (χ0v) is 12.7. The predicted molar refractivity (Wildman–Crippen MR) is 80.3 cm³/mol. The largest absolute Gasteiger partial charge is 0.381 e. The second-order valence-corrected chi connectivity index (χ2v) is 5.52. The molecule has 0 saturated heterocycles. The van der Waals surface area contributed by atoms with Gasteiger partial charge < -0.3 is 5.32 Å². The van der Waals surface area contributed by atoms with Gasteiger partial charge in [-0.1, -0.05) is 30.3 Å². The van der Waals surface area contributed by atoms with Gasteiger partial charge in [0.15, 0.2) is 0 Å². The number of rotatable bonds is 3. The predicted octanol–water partition coefficient (Wildman–Crippen LogP) is 5.13. The molecule has 1 nitrogen and oxygen atoms in total. The topological polar surface area (TPSA) is 12.0 Å². The van der Waals surface area contributed by atoms with Crippen LogP contribution in [0.1, 0.15) is 11.1 Å². The summed E-state index contributed by atoms with van der Waals surface area (Å²) >= 11 is 7.07. The SMILES string of the molecule is Cc1c(NCc2ccccc2)ccc(Br)c1Br. The first-order chi connectivity index (χ1) is 8.18. The molecule has 0 bridgehead atoms. The molecule has 0 aliphatic carbocycles. The van der Waals surface area contributed by atoms with Crippen LogP contribution in [-0.2, 0) is 6.54 Å². The molecular weight excluding hydrogens is 342 g/mol. The van der Waals surface area contributed by atoms with Gasteiger partial charge in [-0.25, -0.2) is 0 Å². The Morgan fingerprint density at radius 1 is 1.00 bits per heavy atom. The van der Waals surface area contributed by atoms with E-state index in [1.165, 1.54) is 11.1 Å². The van der Waals surface area contributed by atoms with Gasteiger partial charge in [-0.15, -0.1) is 0 Å². The van der Waals surface area contributed by atoms with Gasteiger partial charge in [0.1, 0.15) is 0 Å². The van der Waals surface area contributed by atoms with E-state index in [1.807, 2.05) is 12.1 Å². The molecule has 88 valence electrons. The lowest BCUT2D eigenvalue weighted by Crippen LogP contribution is -2.01. The summed E-state index contributed by atoms with van der Waals surface area (Å²) in [5.41, 5.74) is 3.66. The van der Waals surface area contributed by atoms with Crippen LogP contribution < -0.4 is 5.32 Å². The number of halogens is 2. The molecule has 0 aliphatic heterocycles. The minimum absolute atomic E-state index is 0.843. The van der Waals surface area contributed by atoms with Crippen molar-refractivity contribution in [1.29, 1.82) is 0 Å². The molecule has 2 aromatic rings. The minimum Gasteiger partial charge on any atom is -0.381 e. The zero-order chi connectivity index (χ0) is 12.3. The Balaban J connectivity index is 2.13. The van der Waals surface area contributed by atoms with Gasteiger partial charge in [-0.05, 0) is 62.0 Å². The second-order valence-electron chi connectivity index (χ2n) is 3.87. The maximum absolute atomic E-state index is 3.57. The summed E-state index contributed by atoms with van der Waals surface area (Å²) in [6, 6.07) is 14.5. The van der Waals surface area contributed by atoms with Crippen LogP contribution in [0, 0.1) is 6.92 Å². The fourth-order valence-electron chi connectivity index (χ4n) is 1.64. The summed E-state index contributed by atoms with van der Waals surface area (Å²) in [4.78, 5) is 0. The van der Waals surface area contributed by atoms with E-state index in [0.717, 1.165) is 21.2 Å². The maximum atomic E-state index is 3.57. The Labute approximate surface area is 119 Å². The van der Waals surface area contributed by atoms with E-state index in [1.54, 1.807) is 0 Å². The van der Waals surface area contributed by atoms with Gasteiger partial charge in [0.25, 0.3) is 0 Å². The van der Waals surface area contributed by atoms with E-state index in [-0.39, 0.29) is 0 Å². The van der Waals surface area contributed by atoms with Gasteiger partial charge in [0, 0.05) is 21.2 Å². The molecular formula is C14H13Br2N. The van der Waals surface area contributed by atoms with Crippen LogP contribution >= 0.6 is 31.9 Å². The van der Waals surface area contributed by atoms with E-state index < -0.39 is 0 Å². The van der Waals surface area contributed by atoms with Crippen LogP contribution in [0.25, 0.3) is 0 Å². The highest BCUT2D eigenvalue weighted by atomic mass is 79.9. The van der Waals surface area contributed by atoms with Crippen molar-refractivity contribution in [3.63, 3.8) is 0 Å². The molecule has 17 heavy (non-hydrogen) atoms. The van der Waals surface area contributed by atoms with Gasteiger partial charge in [0.2, 0.25) is 0 Å². The van der Waals surface area contributed by atoms with Crippen LogP contribution in [0.3, 0.4) is 0 Å². The summed E-state index contributed by atoms with van der Waals surface area (Å²) in [6.07, 6.45) is 0. The van der Waals surface area contributed by atoms with Crippen LogP contribution in [0.4, 0.5) is 5.69 Å². The summed E-state index contributed by atoms with van der Waals surface area (Å²) < 4.78 is 2.19. The van der Waals surface area contributed by atoms with Crippen LogP contribution in [0.15, 0.2) is 51.4 Å². The summed E-state index contributed by atoms with van der Waals surface area (Å²) in [6.45, 7) is 2.94. The number of hydrogen-bond acceptors (Lipinski definition) is 1. The lowest BCUT2D eigenvalue weighted by atomic mass is 10.2. The van der Waals surface area contributed by atoms with E-state index in [9.17, 15) is 0 Å². The smallest absolute Gasteiger partial charge is 0.0400 e. The van der Waals surface area contributed by atoms with Gasteiger partial charge in [0.05, 0.1) is 0 Å². The average molecular weight is 355 g/mol. The Hall–Kier alpha value is -0.800. The fraction of sp³-hybridized carbons (Fsp3) is 0.143. The fourth-order valence-corrected chi connectivity index (χ4v) is 2.41. The Morgan fingerprint density at radius 2 is 1.71 bits per heavy atom. The van der Waals surface area contributed by atoms with Crippen molar-refractivity contribution in [2.24, 2.45) is 0 Å². The molecule has 0 saturated carbocycles. The average Bonchev–Trinajstić information content (AvgIpc) is 2.36. The molecule has 2 rings (SSSR count). The molecule has 0 spiro atoms. The Bertz CT molecular complexity index is 509. The molecule has 0 unspecified atom stereocenters. The molecule has 0 heterocycles. The van der Waals surface area contributed by atoms with E-state index in [2.05, 4.69) is 74.4 Å². The van der Waals surface area contributed by atoms with Crippen LogP contribution in [-0.4, -0.2) is 0 Å². The normalized spacial score (nSPS) is 10.3. The second kappa shape index (κ2) is 5.69.